The van der Waals surface area contributed by atoms with E-state index in [1.165, 1.54) is 10.8 Å². The number of aromatic nitrogens is 1. The molecule has 2 rings (SSSR count). The largest absolute Gasteiger partial charge is 0.480 e. The topological polar surface area (TPSA) is 220 Å². The van der Waals surface area contributed by atoms with Gasteiger partial charge < -0.3 is 41.6 Å². The first-order valence-corrected chi connectivity index (χ1v) is 16.8. The number of benzene rings is 1. The van der Waals surface area contributed by atoms with Crippen molar-refractivity contribution in [3.8, 4) is 0 Å². The average molecular weight is 703 g/mol. The number of amides is 4. The van der Waals surface area contributed by atoms with Gasteiger partial charge in [0.25, 0.3) is 0 Å². The molecular weight excluding hydrogens is 648 g/mol. The lowest BCUT2D eigenvalue weighted by atomic mass is 10.0. The maximum absolute atomic E-state index is 13.5. The fourth-order valence-corrected chi connectivity index (χ4v) is 4.94. The summed E-state index contributed by atoms with van der Waals surface area (Å²) in [4.78, 5) is 76.0. The van der Waals surface area contributed by atoms with E-state index in [-0.39, 0.29) is 18.8 Å². The third kappa shape index (κ3) is 14.4. The molecule has 0 aliphatic heterocycles. The Morgan fingerprint density at radius 2 is 1.50 bits per heavy atom. The molecule has 15 nitrogen and oxygen atoms in total. The molecule has 3 atom stereocenters. The van der Waals surface area contributed by atoms with Gasteiger partial charge in [0.15, 0.2) is 0 Å². The molecular formula is C35H54N6O9. The van der Waals surface area contributed by atoms with Crippen LogP contribution in [0.25, 0.3) is 10.9 Å². The predicted octanol–water partition coefficient (Wildman–Crippen LogP) is 3.21. The van der Waals surface area contributed by atoms with Gasteiger partial charge in [0.05, 0.1) is 18.1 Å². The molecule has 4 amide bonds. The number of nitrogens with zero attached hydrogens (tertiary/aromatic N) is 1. The molecule has 7 N–H and O–H groups in total. The SMILES string of the molecule is CC(C)C[C@H](NC(=O)[C@H](Cc1cn(C(=O)OC(C)(C)C)c2ccccc12)NC(=O)CNC(=O)[C@@H](N)CCCCNC(=O)OC(C)(C)C)C(=O)O. The van der Waals surface area contributed by atoms with E-state index in [1.54, 1.807) is 65.8 Å². The Balaban J connectivity index is 2.14. The number of carbonyl (C=O) groups is 6. The molecule has 0 unspecified atom stereocenters. The number of hydrogen-bond acceptors (Lipinski definition) is 9. The molecule has 0 radical (unpaired) electrons. The van der Waals surface area contributed by atoms with Gasteiger partial charge in [0.1, 0.15) is 23.3 Å². The molecule has 50 heavy (non-hydrogen) atoms. The number of unbranched alkanes of at least 4 members (excludes halogenated alkanes) is 1. The molecule has 0 saturated carbocycles. The van der Waals surface area contributed by atoms with Gasteiger partial charge in [-0.15, -0.1) is 0 Å². The van der Waals surface area contributed by atoms with Crippen LogP contribution < -0.4 is 27.0 Å². The van der Waals surface area contributed by atoms with Crippen LogP contribution in [-0.4, -0.2) is 88.0 Å². The third-order valence-corrected chi connectivity index (χ3v) is 7.15. The van der Waals surface area contributed by atoms with Gasteiger partial charge in [0, 0.05) is 24.5 Å². The van der Waals surface area contributed by atoms with Crippen molar-refractivity contribution in [1.29, 1.82) is 0 Å². The summed E-state index contributed by atoms with van der Waals surface area (Å²) in [6.07, 6.45) is 1.78. The van der Waals surface area contributed by atoms with Crippen LogP contribution in [0.3, 0.4) is 0 Å². The number of ether oxygens (including phenoxy) is 2. The summed E-state index contributed by atoms with van der Waals surface area (Å²) in [5.74, 6) is -3.30. The summed E-state index contributed by atoms with van der Waals surface area (Å²) in [5, 5.41) is 20.6. The number of rotatable bonds is 16. The first-order valence-electron chi connectivity index (χ1n) is 16.8. The van der Waals surface area contributed by atoms with Gasteiger partial charge in [-0.2, -0.15) is 0 Å². The monoisotopic (exact) mass is 702 g/mol. The number of nitrogens with one attached hydrogen (secondary N) is 4. The van der Waals surface area contributed by atoms with Crippen molar-refractivity contribution in [3.05, 3.63) is 36.0 Å². The van der Waals surface area contributed by atoms with E-state index in [0.717, 1.165) is 0 Å². The first-order chi connectivity index (χ1) is 23.2. The summed E-state index contributed by atoms with van der Waals surface area (Å²) in [5.41, 5.74) is 5.66. The smallest absolute Gasteiger partial charge is 0.419 e. The minimum atomic E-state index is -1.27. The zero-order valence-electron chi connectivity index (χ0n) is 30.4. The zero-order chi connectivity index (χ0) is 37.8. The van der Waals surface area contributed by atoms with Gasteiger partial charge in [-0.1, -0.05) is 32.0 Å². The fraction of sp³-hybridized carbons (Fsp3) is 0.600. The summed E-state index contributed by atoms with van der Waals surface area (Å²) >= 11 is 0. The lowest BCUT2D eigenvalue weighted by molar-refractivity contribution is -0.142. The van der Waals surface area contributed by atoms with Gasteiger partial charge in [-0.25, -0.2) is 14.4 Å². The maximum Gasteiger partial charge on any atom is 0.419 e. The molecule has 1 heterocycles. The molecule has 15 heteroatoms. The maximum atomic E-state index is 13.5. The fourth-order valence-electron chi connectivity index (χ4n) is 4.94. The van der Waals surface area contributed by atoms with Crippen LogP contribution in [0.15, 0.2) is 30.5 Å². The van der Waals surface area contributed by atoms with Crippen molar-refractivity contribution in [2.75, 3.05) is 13.1 Å². The molecule has 278 valence electrons. The Kier molecular flexibility index (Phi) is 15.2. The van der Waals surface area contributed by atoms with Crippen molar-refractivity contribution in [2.24, 2.45) is 11.7 Å². The number of fused-ring (bicyclic) bond motifs is 1. The normalized spacial score (nSPS) is 13.6. The van der Waals surface area contributed by atoms with E-state index in [9.17, 15) is 33.9 Å². The summed E-state index contributed by atoms with van der Waals surface area (Å²) in [6, 6.07) is 3.59. The zero-order valence-corrected chi connectivity index (χ0v) is 30.4. The summed E-state index contributed by atoms with van der Waals surface area (Å²) in [7, 11) is 0. The van der Waals surface area contributed by atoms with Crippen molar-refractivity contribution in [3.63, 3.8) is 0 Å². The molecule has 0 aliphatic carbocycles. The molecule has 0 fully saturated rings. The van der Waals surface area contributed by atoms with Gasteiger partial charge in [-0.3, -0.25) is 19.0 Å². The number of aliphatic carboxylic acids is 1. The number of para-hydroxylation sites is 1. The average Bonchev–Trinajstić information content (AvgIpc) is 3.35. The highest BCUT2D eigenvalue weighted by molar-refractivity contribution is 5.95. The molecule has 0 aliphatic rings. The lowest BCUT2D eigenvalue weighted by Gasteiger charge is -2.22. The minimum absolute atomic E-state index is 0.0445. The van der Waals surface area contributed by atoms with Crippen LogP contribution in [0.1, 0.15) is 86.6 Å². The van der Waals surface area contributed by atoms with Crippen LogP contribution in [0, 0.1) is 5.92 Å². The van der Waals surface area contributed by atoms with Gasteiger partial charge in [0.2, 0.25) is 17.7 Å². The van der Waals surface area contributed by atoms with E-state index in [4.69, 9.17) is 15.2 Å². The highest BCUT2D eigenvalue weighted by atomic mass is 16.6. The number of carbonyl (C=O) groups excluding carboxylic acids is 5. The molecule has 1 aromatic carbocycles. The molecule has 2 aromatic rings. The molecule has 1 aromatic heterocycles. The van der Waals surface area contributed by atoms with E-state index in [1.807, 2.05) is 13.8 Å². The van der Waals surface area contributed by atoms with E-state index >= 15 is 0 Å². The minimum Gasteiger partial charge on any atom is -0.480 e. The van der Waals surface area contributed by atoms with Crippen LogP contribution >= 0.6 is 0 Å². The van der Waals surface area contributed by atoms with Gasteiger partial charge in [-0.05, 0) is 84.8 Å². The summed E-state index contributed by atoms with van der Waals surface area (Å²) < 4.78 is 12.0. The van der Waals surface area contributed by atoms with Crippen LogP contribution in [0.2, 0.25) is 0 Å². The second-order valence-corrected chi connectivity index (χ2v) is 14.6. The Bertz CT molecular complexity index is 1510. The molecule has 0 spiro atoms. The Labute approximate surface area is 293 Å². The van der Waals surface area contributed by atoms with Crippen molar-refractivity contribution in [1.82, 2.24) is 25.8 Å². The highest BCUT2D eigenvalue weighted by Crippen LogP contribution is 2.24. The lowest BCUT2D eigenvalue weighted by Crippen LogP contribution is -2.54. The second kappa shape index (κ2) is 18.4. The second-order valence-electron chi connectivity index (χ2n) is 14.6. The van der Waals surface area contributed by atoms with Crippen LogP contribution in [-0.2, 0) is 35.1 Å². The van der Waals surface area contributed by atoms with Crippen molar-refractivity contribution >= 4 is 46.8 Å². The Morgan fingerprint density at radius 1 is 0.860 bits per heavy atom. The number of carboxylic acid groups (broad SMARTS) is 1. The number of nitrogens with two attached hydrogens (primary N) is 1. The standard InChI is InChI=1S/C35H54N6O9/c1-21(2)17-26(31(45)46)40-30(44)25(18-22-20-41(33(48)50-35(6,7)8)27-15-10-9-13-23(22)27)39-28(42)19-38-29(43)24(36)14-11-12-16-37-32(47)49-34(3,4)5/h9-10,13,15,20-21,24-26H,11-12,14,16-19,36H2,1-8H3,(H,37,47)(H,38,43)(H,39,42)(H,40,44)(H,45,46)/t24-,25-,26-/m0/s1. The van der Waals surface area contributed by atoms with E-state index in [0.29, 0.717) is 42.3 Å². The predicted molar refractivity (Wildman–Crippen MR) is 187 cm³/mol. The molecule has 0 saturated heterocycles. The number of alkyl carbamates (subject to hydrolysis) is 1. The molecule has 0 bridgehead atoms. The first kappa shape index (κ1) is 41.5. The van der Waals surface area contributed by atoms with Crippen molar-refractivity contribution in [2.45, 2.75) is 117 Å². The number of hydrogen-bond donors (Lipinski definition) is 6. The Hall–Kier alpha value is -4.66. The van der Waals surface area contributed by atoms with Crippen LogP contribution in [0.5, 0.6) is 0 Å². The van der Waals surface area contributed by atoms with E-state index in [2.05, 4.69) is 21.3 Å². The quantitative estimate of drug-likeness (QED) is 0.140. The number of carboxylic acids is 1. The van der Waals surface area contributed by atoms with Crippen molar-refractivity contribution < 1.29 is 43.3 Å². The van der Waals surface area contributed by atoms with Gasteiger partial charge >= 0.3 is 18.2 Å². The highest BCUT2D eigenvalue weighted by Gasteiger charge is 2.29. The summed E-state index contributed by atoms with van der Waals surface area (Å²) in [6.45, 7) is 14.0. The van der Waals surface area contributed by atoms with Crippen LogP contribution in [0.4, 0.5) is 9.59 Å². The Morgan fingerprint density at radius 3 is 2.10 bits per heavy atom. The third-order valence-electron chi connectivity index (χ3n) is 7.15. The van der Waals surface area contributed by atoms with E-state index < -0.39 is 71.7 Å².